The van der Waals surface area contributed by atoms with Gasteiger partial charge in [0.15, 0.2) is 0 Å². The van der Waals surface area contributed by atoms with Gasteiger partial charge in [-0.15, -0.1) is 0 Å². The van der Waals surface area contributed by atoms with E-state index < -0.39 is 0 Å². The Morgan fingerprint density at radius 3 is 2.33 bits per heavy atom. The number of amides is 2. The summed E-state index contributed by atoms with van der Waals surface area (Å²) in [5, 5.41) is 0. The van der Waals surface area contributed by atoms with Gasteiger partial charge in [-0.1, -0.05) is 12.1 Å². The Bertz CT molecular complexity index is 501. The van der Waals surface area contributed by atoms with Crippen molar-refractivity contribution >= 4 is 11.8 Å². The molecular formula is C15H21N3O3. The van der Waals surface area contributed by atoms with Crippen molar-refractivity contribution in [3.63, 3.8) is 0 Å². The Morgan fingerprint density at radius 2 is 1.71 bits per heavy atom. The van der Waals surface area contributed by atoms with Crippen molar-refractivity contribution in [3.8, 4) is 5.75 Å². The zero-order valence-electron chi connectivity index (χ0n) is 12.2. The van der Waals surface area contributed by atoms with Gasteiger partial charge in [0.25, 0.3) is 0 Å². The number of rotatable bonds is 6. The SMILES string of the molecule is CCN1CC(=O)N(CCOc2ccc(CN)cc2)CC1=O. The van der Waals surface area contributed by atoms with E-state index in [1.165, 1.54) is 0 Å². The predicted octanol–water partition coefficient (Wildman–Crippen LogP) is 0.215. The van der Waals surface area contributed by atoms with Gasteiger partial charge < -0.3 is 20.3 Å². The molecule has 0 aliphatic carbocycles. The first kappa shape index (κ1) is 15.3. The first-order chi connectivity index (χ1) is 10.1. The molecule has 1 aliphatic heterocycles. The zero-order chi connectivity index (χ0) is 15.2. The maximum atomic E-state index is 11.9. The van der Waals surface area contributed by atoms with E-state index in [0.717, 1.165) is 11.3 Å². The van der Waals surface area contributed by atoms with Crippen molar-refractivity contribution < 1.29 is 14.3 Å². The molecule has 6 nitrogen and oxygen atoms in total. The average Bonchev–Trinajstić information content (AvgIpc) is 2.51. The lowest BCUT2D eigenvalue weighted by atomic mass is 10.2. The summed E-state index contributed by atoms with van der Waals surface area (Å²) in [7, 11) is 0. The predicted molar refractivity (Wildman–Crippen MR) is 78.7 cm³/mol. The smallest absolute Gasteiger partial charge is 0.242 e. The lowest BCUT2D eigenvalue weighted by Gasteiger charge is -2.33. The van der Waals surface area contributed by atoms with E-state index in [1.807, 2.05) is 31.2 Å². The van der Waals surface area contributed by atoms with Crippen molar-refractivity contribution in [2.24, 2.45) is 5.73 Å². The lowest BCUT2D eigenvalue weighted by Crippen LogP contribution is -2.54. The van der Waals surface area contributed by atoms with Gasteiger partial charge in [-0.2, -0.15) is 0 Å². The van der Waals surface area contributed by atoms with Crippen LogP contribution in [0.3, 0.4) is 0 Å². The number of hydrogen-bond acceptors (Lipinski definition) is 4. The van der Waals surface area contributed by atoms with Gasteiger partial charge in [-0.25, -0.2) is 0 Å². The van der Waals surface area contributed by atoms with Crippen molar-refractivity contribution in [2.45, 2.75) is 13.5 Å². The highest BCUT2D eigenvalue weighted by atomic mass is 16.5. The van der Waals surface area contributed by atoms with Gasteiger partial charge in [-0.3, -0.25) is 9.59 Å². The molecular weight excluding hydrogens is 270 g/mol. The third kappa shape index (κ3) is 3.95. The largest absolute Gasteiger partial charge is 0.492 e. The molecule has 0 spiro atoms. The van der Waals surface area contributed by atoms with Crippen LogP contribution in [0.4, 0.5) is 0 Å². The average molecular weight is 291 g/mol. The monoisotopic (exact) mass is 291 g/mol. The normalized spacial score (nSPS) is 15.5. The minimum atomic E-state index is -0.0291. The molecule has 114 valence electrons. The molecule has 1 aromatic carbocycles. The van der Waals surface area contributed by atoms with Crippen molar-refractivity contribution in [1.29, 1.82) is 0 Å². The van der Waals surface area contributed by atoms with E-state index in [2.05, 4.69) is 0 Å². The van der Waals surface area contributed by atoms with Crippen LogP contribution in [-0.4, -0.2) is 54.4 Å². The standard InChI is InChI=1S/C15H21N3O3/c1-2-17-10-15(20)18(11-14(17)19)7-8-21-13-5-3-12(9-16)4-6-13/h3-6H,2,7-11,16H2,1H3. The van der Waals surface area contributed by atoms with Crippen LogP contribution in [0, 0.1) is 0 Å². The van der Waals surface area contributed by atoms with E-state index in [0.29, 0.717) is 26.2 Å². The molecule has 6 heteroatoms. The molecule has 0 aromatic heterocycles. The number of ether oxygens (including phenoxy) is 1. The molecule has 1 saturated heterocycles. The van der Waals surface area contributed by atoms with Crippen molar-refractivity contribution in [2.75, 3.05) is 32.8 Å². The van der Waals surface area contributed by atoms with E-state index in [9.17, 15) is 9.59 Å². The molecule has 0 atom stereocenters. The van der Waals surface area contributed by atoms with Crippen LogP contribution in [0.2, 0.25) is 0 Å². The Morgan fingerprint density at radius 1 is 1.10 bits per heavy atom. The number of carbonyl (C=O) groups is 2. The lowest BCUT2D eigenvalue weighted by molar-refractivity contribution is -0.150. The summed E-state index contributed by atoms with van der Waals surface area (Å²) < 4.78 is 5.59. The number of likely N-dealkylation sites (N-methyl/N-ethyl adjacent to an activating group) is 1. The minimum absolute atomic E-state index is 0.00982. The highest BCUT2D eigenvalue weighted by Crippen LogP contribution is 2.12. The van der Waals surface area contributed by atoms with Crippen LogP contribution in [-0.2, 0) is 16.1 Å². The molecule has 1 aromatic rings. The molecule has 1 aliphatic rings. The second-order valence-corrected chi connectivity index (χ2v) is 4.92. The molecule has 0 bridgehead atoms. The first-order valence-electron chi connectivity index (χ1n) is 7.11. The summed E-state index contributed by atoms with van der Waals surface area (Å²) in [5.41, 5.74) is 6.57. The van der Waals surface area contributed by atoms with E-state index in [1.54, 1.807) is 9.80 Å². The minimum Gasteiger partial charge on any atom is -0.492 e. The Labute approximate surface area is 124 Å². The quantitative estimate of drug-likeness (QED) is 0.813. The summed E-state index contributed by atoms with van der Waals surface area (Å²) in [4.78, 5) is 26.8. The topological polar surface area (TPSA) is 75.9 Å². The molecule has 0 unspecified atom stereocenters. The Kier molecular flexibility index (Phi) is 5.16. The summed E-state index contributed by atoms with van der Waals surface area (Å²) in [5.74, 6) is 0.695. The Hall–Kier alpha value is -2.08. The van der Waals surface area contributed by atoms with Crippen LogP contribution in [0.25, 0.3) is 0 Å². The fourth-order valence-electron chi connectivity index (χ4n) is 2.19. The zero-order valence-corrected chi connectivity index (χ0v) is 12.2. The molecule has 21 heavy (non-hydrogen) atoms. The number of carbonyl (C=O) groups excluding carboxylic acids is 2. The van der Waals surface area contributed by atoms with Gasteiger partial charge in [0.2, 0.25) is 11.8 Å². The third-order valence-corrected chi connectivity index (χ3v) is 3.53. The number of nitrogens with two attached hydrogens (primary N) is 1. The van der Waals surface area contributed by atoms with E-state index >= 15 is 0 Å². The molecule has 0 radical (unpaired) electrons. The molecule has 1 heterocycles. The van der Waals surface area contributed by atoms with E-state index in [-0.39, 0.29) is 24.9 Å². The van der Waals surface area contributed by atoms with Gasteiger partial charge in [0.1, 0.15) is 12.4 Å². The first-order valence-corrected chi connectivity index (χ1v) is 7.11. The van der Waals surface area contributed by atoms with Crippen LogP contribution in [0.15, 0.2) is 24.3 Å². The summed E-state index contributed by atoms with van der Waals surface area (Å²) in [6.07, 6.45) is 0. The van der Waals surface area contributed by atoms with Gasteiger partial charge in [0.05, 0.1) is 19.6 Å². The number of nitrogens with zero attached hydrogens (tertiary/aromatic N) is 2. The molecule has 2 rings (SSSR count). The number of hydrogen-bond donors (Lipinski definition) is 1. The molecule has 1 fully saturated rings. The van der Waals surface area contributed by atoms with Crippen LogP contribution in [0.1, 0.15) is 12.5 Å². The van der Waals surface area contributed by atoms with Gasteiger partial charge in [-0.05, 0) is 24.6 Å². The second-order valence-electron chi connectivity index (χ2n) is 4.92. The maximum Gasteiger partial charge on any atom is 0.242 e. The fourth-order valence-corrected chi connectivity index (χ4v) is 2.19. The van der Waals surface area contributed by atoms with Gasteiger partial charge in [0, 0.05) is 13.1 Å². The van der Waals surface area contributed by atoms with Crippen LogP contribution >= 0.6 is 0 Å². The maximum absolute atomic E-state index is 11.9. The van der Waals surface area contributed by atoms with Crippen LogP contribution in [0.5, 0.6) is 5.75 Å². The van der Waals surface area contributed by atoms with Crippen molar-refractivity contribution in [1.82, 2.24) is 9.80 Å². The van der Waals surface area contributed by atoms with Gasteiger partial charge >= 0.3 is 0 Å². The Balaban J connectivity index is 1.80. The molecule has 2 N–H and O–H groups in total. The number of piperazine rings is 1. The van der Waals surface area contributed by atoms with Crippen LogP contribution < -0.4 is 10.5 Å². The van der Waals surface area contributed by atoms with E-state index in [4.69, 9.17) is 10.5 Å². The molecule has 2 amide bonds. The summed E-state index contributed by atoms with van der Waals surface area (Å²) >= 11 is 0. The second kappa shape index (κ2) is 7.08. The fraction of sp³-hybridized carbons (Fsp3) is 0.467. The highest BCUT2D eigenvalue weighted by molar-refractivity contribution is 5.92. The van der Waals surface area contributed by atoms with Crippen molar-refractivity contribution in [3.05, 3.63) is 29.8 Å². The summed E-state index contributed by atoms with van der Waals surface area (Å²) in [6.45, 7) is 4.03. The number of benzene rings is 1. The molecule has 0 saturated carbocycles. The summed E-state index contributed by atoms with van der Waals surface area (Å²) in [6, 6.07) is 7.52. The highest BCUT2D eigenvalue weighted by Gasteiger charge is 2.28. The third-order valence-electron chi connectivity index (χ3n) is 3.53.